The molecule has 6 heteroatoms. The quantitative estimate of drug-likeness (QED) is 0.474. The van der Waals surface area contributed by atoms with Gasteiger partial charge in [-0.2, -0.15) is 0 Å². The van der Waals surface area contributed by atoms with Crippen LogP contribution in [0.5, 0.6) is 5.75 Å². The molecule has 0 saturated heterocycles. The van der Waals surface area contributed by atoms with Crippen molar-refractivity contribution in [2.75, 3.05) is 11.9 Å². The molecule has 28 heavy (non-hydrogen) atoms. The van der Waals surface area contributed by atoms with E-state index in [0.29, 0.717) is 11.6 Å². The molecule has 140 valence electrons. The zero-order chi connectivity index (χ0) is 19.5. The Morgan fingerprint density at radius 2 is 1.93 bits per heavy atom. The number of hydrogen-bond donors (Lipinski definition) is 1. The Bertz CT molecular complexity index is 1140. The number of nitrogens with zero attached hydrogens (tertiary/aromatic N) is 2. The van der Waals surface area contributed by atoms with Crippen LogP contribution in [-0.2, 0) is 4.79 Å². The lowest BCUT2D eigenvalue weighted by atomic mass is 10.1. The topological polar surface area (TPSA) is 55.6 Å². The number of carbonyl (C=O) groups is 1. The van der Waals surface area contributed by atoms with Gasteiger partial charge in [-0.05, 0) is 36.8 Å². The van der Waals surface area contributed by atoms with Crippen LogP contribution >= 0.6 is 15.9 Å². The summed E-state index contributed by atoms with van der Waals surface area (Å²) in [4.78, 5) is 17.4. The molecule has 0 atom stereocenters. The van der Waals surface area contributed by atoms with Crippen molar-refractivity contribution < 1.29 is 9.53 Å². The second-order valence-corrected chi connectivity index (χ2v) is 7.27. The molecule has 0 fully saturated rings. The molecule has 2 aromatic heterocycles. The molecule has 1 amide bonds. The zero-order valence-corrected chi connectivity index (χ0v) is 16.8. The van der Waals surface area contributed by atoms with E-state index in [4.69, 9.17) is 9.72 Å². The van der Waals surface area contributed by atoms with E-state index in [1.54, 1.807) is 0 Å². The summed E-state index contributed by atoms with van der Waals surface area (Å²) in [6, 6.07) is 21.1. The summed E-state index contributed by atoms with van der Waals surface area (Å²) in [5.74, 6) is 1.01. The maximum Gasteiger partial charge on any atom is 0.263 e. The number of aromatic nitrogens is 2. The van der Waals surface area contributed by atoms with Gasteiger partial charge in [0, 0.05) is 16.2 Å². The van der Waals surface area contributed by atoms with Crippen LogP contribution in [0.25, 0.3) is 16.9 Å². The van der Waals surface area contributed by atoms with Crippen molar-refractivity contribution >= 4 is 33.3 Å². The first-order chi connectivity index (χ1) is 13.6. The number of anilines is 1. The Balaban J connectivity index is 1.63. The molecule has 0 aliphatic rings. The third-order valence-corrected chi connectivity index (χ3v) is 4.81. The number of ether oxygens (including phenoxy) is 1. The number of fused-ring (bicyclic) bond motifs is 1. The molecule has 0 aliphatic heterocycles. The molecule has 4 rings (SSSR count). The van der Waals surface area contributed by atoms with E-state index >= 15 is 0 Å². The molecule has 4 aromatic rings. The monoisotopic (exact) mass is 435 g/mol. The number of carbonyl (C=O) groups excluding carboxylic acids is 1. The molecule has 2 aromatic carbocycles. The summed E-state index contributed by atoms with van der Waals surface area (Å²) < 4.78 is 8.40. The minimum absolute atomic E-state index is 0.0935. The first kappa shape index (κ1) is 18.3. The summed E-state index contributed by atoms with van der Waals surface area (Å²) in [5, 5.41) is 2.97. The highest BCUT2D eigenvalue weighted by molar-refractivity contribution is 9.10. The van der Waals surface area contributed by atoms with Crippen LogP contribution in [0.3, 0.4) is 0 Å². The molecule has 0 aliphatic carbocycles. The summed E-state index contributed by atoms with van der Waals surface area (Å²) in [7, 11) is 0. The molecule has 0 bridgehead atoms. The standard InChI is InChI=1S/C22H18BrN3O2/c1-15-7-6-12-26-21(15)25-20(16-8-3-2-4-9-16)22(26)24-19(27)14-28-18-11-5-10-17(23)13-18/h2-13H,14H2,1H3,(H,24,27). The largest absolute Gasteiger partial charge is 0.484 e. The number of benzene rings is 2. The molecule has 0 unspecified atom stereocenters. The maximum atomic E-state index is 12.6. The Morgan fingerprint density at radius 3 is 2.71 bits per heavy atom. The van der Waals surface area contributed by atoms with E-state index in [-0.39, 0.29) is 12.5 Å². The number of aryl methyl sites for hydroxylation is 1. The number of nitrogens with one attached hydrogen (secondary N) is 1. The van der Waals surface area contributed by atoms with Crippen LogP contribution in [-0.4, -0.2) is 21.9 Å². The van der Waals surface area contributed by atoms with Gasteiger partial charge in [-0.3, -0.25) is 9.20 Å². The lowest BCUT2D eigenvalue weighted by molar-refractivity contribution is -0.118. The molecule has 0 radical (unpaired) electrons. The third-order valence-electron chi connectivity index (χ3n) is 4.32. The molecule has 2 heterocycles. The number of amides is 1. The van der Waals surface area contributed by atoms with Crippen LogP contribution in [0.2, 0.25) is 0 Å². The fourth-order valence-corrected chi connectivity index (χ4v) is 3.37. The van der Waals surface area contributed by atoms with Crippen molar-refractivity contribution in [1.82, 2.24) is 9.38 Å². The van der Waals surface area contributed by atoms with Crippen LogP contribution in [0.1, 0.15) is 5.56 Å². The average molecular weight is 436 g/mol. The summed E-state index contributed by atoms with van der Waals surface area (Å²) >= 11 is 3.39. The van der Waals surface area contributed by atoms with Crippen molar-refractivity contribution in [3.63, 3.8) is 0 Å². The molecule has 0 spiro atoms. The molecular formula is C22H18BrN3O2. The highest BCUT2D eigenvalue weighted by Gasteiger charge is 2.17. The van der Waals surface area contributed by atoms with E-state index in [0.717, 1.165) is 26.9 Å². The number of halogens is 1. The number of pyridine rings is 1. The van der Waals surface area contributed by atoms with Gasteiger partial charge in [0.1, 0.15) is 22.9 Å². The Kier molecular flexibility index (Phi) is 5.12. The van der Waals surface area contributed by atoms with Crippen molar-refractivity contribution in [2.24, 2.45) is 0 Å². The van der Waals surface area contributed by atoms with E-state index in [2.05, 4.69) is 21.2 Å². The van der Waals surface area contributed by atoms with Gasteiger partial charge >= 0.3 is 0 Å². The normalized spacial score (nSPS) is 10.8. The van der Waals surface area contributed by atoms with Crippen LogP contribution in [0, 0.1) is 6.92 Å². The zero-order valence-electron chi connectivity index (χ0n) is 15.2. The van der Waals surface area contributed by atoms with Crippen molar-refractivity contribution in [3.05, 3.63) is 83.0 Å². The van der Waals surface area contributed by atoms with Gasteiger partial charge < -0.3 is 10.1 Å². The predicted octanol–water partition coefficient (Wildman–Crippen LogP) is 5.09. The predicted molar refractivity (Wildman–Crippen MR) is 114 cm³/mol. The molecular weight excluding hydrogens is 418 g/mol. The van der Waals surface area contributed by atoms with Crippen LogP contribution in [0.4, 0.5) is 5.82 Å². The van der Waals surface area contributed by atoms with Gasteiger partial charge in [0.25, 0.3) is 5.91 Å². The summed E-state index contributed by atoms with van der Waals surface area (Å²) in [6.45, 7) is 1.91. The molecule has 5 nitrogen and oxygen atoms in total. The number of hydrogen-bond acceptors (Lipinski definition) is 3. The second kappa shape index (κ2) is 7.86. The number of rotatable bonds is 5. The lowest BCUT2D eigenvalue weighted by Gasteiger charge is -2.09. The maximum absolute atomic E-state index is 12.6. The van der Waals surface area contributed by atoms with Gasteiger partial charge in [0.2, 0.25) is 0 Å². The van der Waals surface area contributed by atoms with Gasteiger partial charge in [-0.15, -0.1) is 0 Å². The van der Waals surface area contributed by atoms with Crippen molar-refractivity contribution in [1.29, 1.82) is 0 Å². The highest BCUT2D eigenvalue weighted by Crippen LogP contribution is 2.29. The molecule has 1 N–H and O–H groups in total. The van der Waals surface area contributed by atoms with Gasteiger partial charge in [0.15, 0.2) is 6.61 Å². The van der Waals surface area contributed by atoms with Crippen molar-refractivity contribution in [3.8, 4) is 17.0 Å². The highest BCUT2D eigenvalue weighted by atomic mass is 79.9. The fourth-order valence-electron chi connectivity index (χ4n) is 2.99. The van der Waals surface area contributed by atoms with E-state index in [1.165, 1.54) is 0 Å². The Morgan fingerprint density at radius 1 is 1.11 bits per heavy atom. The van der Waals surface area contributed by atoms with Crippen molar-refractivity contribution in [2.45, 2.75) is 6.92 Å². The SMILES string of the molecule is Cc1cccn2c(NC(=O)COc3cccc(Br)c3)c(-c3ccccc3)nc12. The van der Waals surface area contributed by atoms with Gasteiger partial charge in [0.05, 0.1) is 0 Å². The van der Waals surface area contributed by atoms with E-state index < -0.39 is 0 Å². The van der Waals surface area contributed by atoms with E-state index in [1.807, 2.05) is 84.3 Å². The summed E-state index contributed by atoms with van der Waals surface area (Å²) in [5.41, 5.74) is 3.51. The minimum atomic E-state index is -0.250. The number of imidazole rings is 1. The first-order valence-electron chi connectivity index (χ1n) is 8.83. The second-order valence-electron chi connectivity index (χ2n) is 6.35. The Hall–Kier alpha value is -3.12. The van der Waals surface area contributed by atoms with Crippen LogP contribution in [0.15, 0.2) is 77.4 Å². The van der Waals surface area contributed by atoms with Gasteiger partial charge in [-0.25, -0.2) is 4.98 Å². The smallest absolute Gasteiger partial charge is 0.263 e. The fraction of sp³-hybridized carbons (Fsp3) is 0.0909. The average Bonchev–Trinajstić information content (AvgIpc) is 3.07. The minimum Gasteiger partial charge on any atom is -0.484 e. The first-order valence-corrected chi connectivity index (χ1v) is 9.62. The lowest BCUT2D eigenvalue weighted by Crippen LogP contribution is -2.21. The van der Waals surface area contributed by atoms with E-state index in [9.17, 15) is 4.79 Å². The molecule has 0 saturated carbocycles. The van der Waals surface area contributed by atoms with Gasteiger partial charge in [-0.1, -0.05) is 58.4 Å². The Labute approximate surface area is 171 Å². The van der Waals surface area contributed by atoms with Crippen LogP contribution < -0.4 is 10.1 Å². The third kappa shape index (κ3) is 3.77. The summed E-state index contributed by atoms with van der Waals surface area (Å²) in [6.07, 6.45) is 1.90.